The molecule has 0 bridgehead atoms. The summed E-state index contributed by atoms with van der Waals surface area (Å²) >= 11 is 0. The van der Waals surface area contributed by atoms with Crippen molar-refractivity contribution in [2.24, 2.45) is 0 Å². The Kier molecular flexibility index (Phi) is 5.38. The maximum Gasteiger partial charge on any atom is 0.221 e. The van der Waals surface area contributed by atoms with Crippen molar-refractivity contribution in [1.82, 2.24) is 0 Å². The lowest BCUT2D eigenvalue weighted by molar-refractivity contribution is -0.114. The van der Waals surface area contributed by atoms with Crippen LogP contribution in [0.25, 0.3) is 0 Å². The van der Waals surface area contributed by atoms with Crippen LogP contribution in [0.1, 0.15) is 18.1 Å². The van der Waals surface area contributed by atoms with Crippen LogP contribution in [0, 0.1) is 0 Å². The second-order valence-electron chi connectivity index (χ2n) is 4.80. The van der Waals surface area contributed by atoms with Crippen molar-refractivity contribution >= 4 is 11.6 Å². The highest BCUT2D eigenvalue weighted by molar-refractivity contribution is 5.88. The summed E-state index contributed by atoms with van der Waals surface area (Å²) in [6.07, 6.45) is 0. The van der Waals surface area contributed by atoms with E-state index in [0.717, 1.165) is 11.3 Å². The molecule has 116 valence electrons. The minimum Gasteiger partial charge on any atom is -0.497 e. The molecule has 0 aliphatic heterocycles. The number of carbonyl (C=O) groups is 1. The van der Waals surface area contributed by atoms with E-state index in [-0.39, 0.29) is 12.5 Å². The summed E-state index contributed by atoms with van der Waals surface area (Å²) in [5, 5.41) is 12.1. The Bertz CT molecular complexity index is 638. The number of rotatable bonds is 6. The van der Waals surface area contributed by atoms with Crippen LogP contribution in [0.2, 0.25) is 0 Å². The Morgan fingerprint density at radius 3 is 2.50 bits per heavy atom. The third kappa shape index (κ3) is 4.23. The first-order valence-corrected chi connectivity index (χ1v) is 6.89. The summed E-state index contributed by atoms with van der Waals surface area (Å²) in [7, 11) is 1.62. The van der Waals surface area contributed by atoms with Crippen molar-refractivity contribution in [2.45, 2.75) is 20.1 Å². The van der Waals surface area contributed by atoms with Crippen LogP contribution >= 0.6 is 0 Å². The van der Waals surface area contributed by atoms with Crippen LogP contribution in [0.4, 0.5) is 5.69 Å². The van der Waals surface area contributed by atoms with Crippen LogP contribution in [0.3, 0.4) is 0 Å². The number of carbonyl (C=O) groups excluding carboxylic acids is 1. The van der Waals surface area contributed by atoms with E-state index in [1.165, 1.54) is 6.92 Å². The smallest absolute Gasteiger partial charge is 0.221 e. The van der Waals surface area contributed by atoms with E-state index in [9.17, 15) is 9.90 Å². The Hall–Kier alpha value is -2.53. The molecule has 0 aliphatic carbocycles. The van der Waals surface area contributed by atoms with Gasteiger partial charge in [-0.3, -0.25) is 4.79 Å². The SMILES string of the molecule is COc1ccc(COc2cc(NC(C)=O)ccc2CO)cc1. The first kappa shape index (κ1) is 15.9. The zero-order chi connectivity index (χ0) is 15.9. The van der Waals surface area contributed by atoms with E-state index in [2.05, 4.69) is 5.32 Å². The molecule has 0 atom stereocenters. The largest absolute Gasteiger partial charge is 0.497 e. The Morgan fingerprint density at radius 2 is 1.91 bits per heavy atom. The van der Waals surface area contributed by atoms with Gasteiger partial charge in [-0.15, -0.1) is 0 Å². The highest BCUT2D eigenvalue weighted by atomic mass is 16.5. The average molecular weight is 301 g/mol. The number of aliphatic hydroxyl groups is 1. The molecule has 0 aliphatic rings. The Morgan fingerprint density at radius 1 is 1.18 bits per heavy atom. The first-order chi connectivity index (χ1) is 10.6. The zero-order valence-corrected chi connectivity index (χ0v) is 12.6. The summed E-state index contributed by atoms with van der Waals surface area (Å²) < 4.78 is 10.9. The molecule has 5 nitrogen and oxygen atoms in total. The van der Waals surface area contributed by atoms with E-state index in [0.29, 0.717) is 23.6 Å². The summed E-state index contributed by atoms with van der Waals surface area (Å²) in [6, 6.07) is 12.7. The fourth-order valence-corrected chi connectivity index (χ4v) is 1.98. The molecule has 0 fully saturated rings. The molecule has 0 aromatic heterocycles. The number of anilines is 1. The number of benzene rings is 2. The van der Waals surface area contributed by atoms with Crippen molar-refractivity contribution in [3.63, 3.8) is 0 Å². The Balaban J connectivity index is 2.10. The standard InChI is InChI=1S/C17H19NO4/c1-12(20)18-15-6-5-14(10-19)17(9-15)22-11-13-3-7-16(21-2)8-4-13/h3-9,19H,10-11H2,1-2H3,(H,18,20). The third-order valence-electron chi connectivity index (χ3n) is 3.11. The molecule has 5 heteroatoms. The lowest BCUT2D eigenvalue weighted by Gasteiger charge is -2.12. The van der Waals surface area contributed by atoms with Gasteiger partial charge in [0.25, 0.3) is 0 Å². The summed E-state index contributed by atoms with van der Waals surface area (Å²) in [5.74, 6) is 1.18. The van der Waals surface area contributed by atoms with Gasteiger partial charge in [0, 0.05) is 24.2 Å². The molecular formula is C17H19NO4. The molecule has 0 saturated heterocycles. The number of hydrogen-bond acceptors (Lipinski definition) is 4. The van der Waals surface area contributed by atoms with E-state index in [4.69, 9.17) is 9.47 Å². The molecule has 0 radical (unpaired) electrons. The number of ether oxygens (including phenoxy) is 2. The lowest BCUT2D eigenvalue weighted by atomic mass is 10.2. The van der Waals surface area contributed by atoms with Crippen LogP contribution < -0.4 is 14.8 Å². The van der Waals surface area contributed by atoms with Crippen LogP contribution in [0.15, 0.2) is 42.5 Å². The molecule has 2 aromatic carbocycles. The molecule has 22 heavy (non-hydrogen) atoms. The van der Waals surface area contributed by atoms with Gasteiger partial charge in [0.05, 0.1) is 13.7 Å². The fraction of sp³-hybridized carbons (Fsp3) is 0.235. The molecular weight excluding hydrogens is 282 g/mol. The van der Waals surface area contributed by atoms with Gasteiger partial charge in [0.1, 0.15) is 18.1 Å². The minimum atomic E-state index is -0.155. The third-order valence-corrected chi connectivity index (χ3v) is 3.11. The number of methoxy groups -OCH3 is 1. The molecule has 0 saturated carbocycles. The predicted molar refractivity (Wildman–Crippen MR) is 84.0 cm³/mol. The second kappa shape index (κ2) is 7.47. The molecule has 2 N–H and O–H groups in total. The number of amides is 1. The molecule has 2 rings (SSSR count). The van der Waals surface area contributed by atoms with Gasteiger partial charge >= 0.3 is 0 Å². The minimum absolute atomic E-state index is 0.127. The second-order valence-corrected chi connectivity index (χ2v) is 4.80. The number of hydrogen-bond donors (Lipinski definition) is 2. The van der Waals surface area contributed by atoms with Crippen LogP contribution in [-0.4, -0.2) is 18.1 Å². The van der Waals surface area contributed by atoms with Gasteiger partial charge in [-0.25, -0.2) is 0 Å². The van der Waals surface area contributed by atoms with Crippen molar-refractivity contribution in [2.75, 3.05) is 12.4 Å². The van der Waals surface area contributed by atoms with Gasteiger partial charge in [0.15, 0.2) is 0 Å². The molecule has 0 spiro atoms. The fourth-order valence-electron chi connectivity index (χ4n) is 1.98. The summed E-state index contributed by atoms with van der Waals surface area (Å²) in [4.78, 5) is 11.1. The van der Waals surface area contributed by atoms with Gasteiger partial charge in [-0.05, 0) is 23.8 Å². The summed E-state index contributed by atoms with van der Waals surface area (Å²) in [5.41, 5.74) is 2.28. The van der Waals surface area contributed by atoms with Gasteiger partial charge in [-0.2, -0.15) is 0 Å². The maximum absolute atomic E-state index is 11.1. The van der Waals surface area contributed by atoms with Gasteiger partial charge in [0.2, 0.25) is 5.91 Å². The normalized spacial score (nSPS) is 10.1. The van der Waals surface area contributed by atoms with Crippen molar-refractivity contribution in [3.05, 3.63) is 53.6 Å². The Labute approximate surface area is 129 Å². The van der Waals surface area contributed by atoms with E-state index >= 15 is 0 Å². The van der Waals surface area contributed by atoms with E-state index < -0.39 is 0 Å². The van der Waals surface area contributed by atoms with E-state index in [1.54, 1.807) is 25.3 Å². The average Bonchev–Trinajstić information content (AvgIpc) is 2.53. The highest BCUT2D eigenvalue weighted by Crippen LogP contribution is 2.25. The molecule has 0 unspecified atom stereocenters. The van der Waals surface area contributed by atoms with Crippen molar-refractivity contribution in [1.29, 1.82) is 0 Å². The molecule has 2 aromatic rings. The van der Waals surface area contributed by atoms with Gasteiger partial charge < -0.3 is 19.9 Å². The van der Waals surface area contributed by atoms with E-state index in [1.807, 2.05) is 24.3 Å². The highest BCUT2D eigenvalue weighted by Gasteiger charge is 2.06. The topological polar surface area (TPSA) is 67.8 Å². The lowest BCUT2D eigenvalue weighted by Crippen LogP contribution is -2.06. The van der Waals surface area contributed by atoms with Crippen molar-refractivity contribution < 1.29 is 19.4 Å². The number of nitrogens with one attached hydrogen (secondary N) is 1. The monoisotopic (exact) mass is 301 g/mol. The maximum atomic E-state index is 11.1. The number of aliphatic hydroxyl groups excluding tert-OH is 1. The zero-order valence-electron chi connectivity index (χ0n) is 12.6. The predicted octanol–water partition coefficient (Wildman–Crippen LogP) is 2.72. The van der Waals surface area contributed by atoms with Crippen LogP contribution in [0.5, 0.6) is 11.5 Å². The van der Waals surface area contributed by atoms with Gasteiger partial charge in [-0.1, -0.05) is 18.2 Å². The summed E-state index contributed by atoms with van der Waals surface area (Å²) in [6.45, 7) is 1.68. The molecule has 0 heterocycles. The van der Waals surface area contributed by atoms with Crippen molar-refractivity contribution in [3.8, 4) is 11.5 Å². The molecule has 1 amide bonds. The van der Waals surface area contributed by atoms with Crippen LogP contribution in [-0.2, 0) is 18.0 Å². The first-order valence-electron chi connectivity index (χ1n) is 6.89. The quantitative estimate of drug-likeness (QED) is 0.861.